The first-order valence-corrected chi connectivity index (χ1v) is 6.21. The summed E-state index contributed by atoms with van der Waals surface area (Å²) in [4.78, 5) is 8.88. The fourth-order valence-electron chi connectivity index (χ4n) is 1.81. The van der Waals surface area contributed by atoms with Gasteiger partial charge >= 0.3 is 0 Å². The second-order valence-electron chi connectivity index (χ2n) is 4.53. The maximum Gasteiger partial charge on any atom is 0.161 e. The molecule has 1 heterocycles. The van der Waals surface area contributed by atoms with Crippen LogP contribution in [-0.2, 0) is 0 Å². The van der Waals surface area contributed by atoms with Gasteiger partial charge in [0.15, 0.2) is 17.3 Å². The summed E-state index contributed by atoms with van der Waals surface area (Å²) in [5, 5.41) is 0. The van der Waals surface area contributed by atoms with E-state index in [2.05, 4.69) is 23.8 Å². The fourth-order valence-corrected chi connectivity index (χ4v) is 1.81. The van der Waals surface area contributed by atoms with Crippen LogP contribution in [0.3, 0.4) is 0 Å². The Labute approximate surface area is 113 Å². The van der Waals surface area contributed by atoms with Crippen LogP contribution in [0.25, 0.3) is 11.4 Å². The molecule has 100 valence electrons. The second kappa shape index (κ2) is 5.69. The maximum absolute atomic E-state index is 5.30. The number of hydrogen-bond donors (Lipinski definition) is 0. The van der Waals surface area contributed by atoms with E-state index in [4.69, 9.17) is 9.47 Å². The zero-order valence-electron chi connectivity index (χ0n) is 11.7. The van der Waals surface area contributed by atoms with Gasteiger partial charge in [0, 0.05) is 17.5 Å². The van der Waals surface area contributed by atoms with Gasteiger partial charge in [-0.25, -0.2) is 9.97 Å². The van der Waals surface area contributed by atoms with E-state index in [0.29, 0.717) is 23.2 Å². The lowest BCUT2D eigenvalue weighted by atomic mass is 10.1. The molecule has 0 aliphatic heterocycles. The highest BCUT2D eigenvalue weighted by Crippen LogP contribution is 2.31. The number of nitrogens with zero attached hydrogens (tertiary/aromatic N) is 2. The third-order valence-corrected chi connectivity index (χ3v) is 2.91. The smallest absolute Gasteiger partial charge is 0.161 e. The molecule has 19 heavy (non-hydrogen) atoms. The summed E-state index contributed by atoms with van der Waals surface area (Å²) in [7, 11) is 3.24. The molecular formula is C15H18N2O2. The van der Waals surface area contributed by atoms with E-state index >= 15 is 0 Å². The average molecular weight is 258 g/mol. The van der Waals surface area contributed by atoms with Gasteiger partial charge in [0.05, 0.1) is 14.2 Å². The summed E-state index contributed by atoms with van der Waals surface area (Å²) in [6.45, 7) is 4.22. The minimum absolute atomic E-state index is 0.377. The second-order valence-corrected chi connectivity index (χ2v) is 4.53. The number of ether oxygens (including phenoxy) is 2. The van der Waals surface area contributed by atoms with E-state index in [1.165, 1.54) is 0 Å². The van der Waals surface area contributed by atoms with E-state index < -0.39 is 0 Å². The lowest BCUT2D eigenvalue weighted by Gasteiger charge is -2.10. The summed E-state index contributed by atoms with van der Waals surface area (Å²) in [6, 6.07) is 7.62. The molecule has 0 radical (unpaired) electrons. The van der Waals surface area contributed by atoms with E-state index in [1.54, 1.807) is 20.4 Å². The van der Waals surface area contributed by atoms with Crippen molar-refractivity contribution in [2.45, 2.75) is 19.8 Å². The quantitative estimate of drug-likeness (QED) is 0.844. The van der Waals surface area contributed by atoms with Crippen LogP contribution < -0.4 is 9.47 Å². The molecule has 0 saturated carbocycles. The molecule has 4 heteroatoms. The normalized spacial score (nSPS) is 10.6. The molecule has 2 rings (SSSR count). The molecule has 0 spiro atoms. The first-order chi connectivity index (χ1) is 9.15. The molecule has 0 bridgehead atoms. The van der Waals surface area contributed by atoms with E-state index in [-0.39, 0.29) is 0 Å². The van der Waals surface area contributed by atoms with Crippen LogP contribution in [0.4, 0.5) is 0 Å². The Hall–Kier alpha value is -2.10. The lowest BCUT2D eigenvalue weighted by Crippen LogP contribution is -1.97. The molecule has 0 aliphatic rings. The molecule has 0 aliphatic carbocycles. The van der Waals surface area contributed by atoms with Crippen molar-refractivity contribution in [3.05, 3.63) is 36.2 Å². The molecule has 0 N–H and O–H groups in total. The Balaban J connectivity index is 2.44. The molecule has 0 amide bonds. The molecule has 1 aromatic carbocycles. The Kier molecular flexibility index (Phi) is 4.00. The van der Waals surface area contributed by atoms with Gasteiger partial charge in [-0.3, -0.25) is 0 Å². The number of methoxy groups -OCH3 is 2. The number of hydrogen-bond acceptors (Lipinski definition) is 4. The van der Waals surface area contributed by atoms with E-state index in [0.717, 1.165) is 11.3 Å². The summed E-state index contributed by atoms with van der Waals surface area (Å²) in [5.74, 6) is 2.46. The zero-order valence-corrected chi connectivity index (χ0v) is 11.7. The Morgan fingerprint density at radius 2 is 1.74 bits per heavy atom. The molecule has 2 aromatic rings. The van der Waals surface area contributed by atoms with Crippen LogP contribution in [0, 0.1) is 0 Å². The topological polar surface area (TPSA) is 44.2 Å². The molecule has 0 fully saturated rings. The SMILES string of the molecule is COc1ccc(-c2nccc(C(C)C)n2)cc1OC. The van der Waals surface area contributed by atoms with Gasteiger partial charge in [-0.15, -0.1) is 0 Å². The predicted octanol–water partition coefficient (Wildman–Crippen LogP) is 3.28. The van der Waals surface area contributed by atoms with Gasteiger partial charge in [-0.05, 0) is 30.2 Å². The summed E-state index contributed by atoms with van der Waals surface area (Å²) >= 11 is 0. The van der Waals surface area contributed by atoms with Crippen LogP contribution in [0.1, 0.15) is 25.5 Å². The summed E-state index contributed by atoms with van der Waals surface area (Å²) < 4.78 is 10.5. The maximum atomic E-state index is 5.30. The molecule has 4 nitrogen and oxygen atoms in total. The average Bonchev–Trinajstić information content (AvgIpc) is 2.46. The van der Waals surface area contributed by atoms with Crippen molar-refractivity contribution < 1.29 is 9.47 Å². The molecular weight excluding hydrogens is 240 g/mol. The van der Waals surface area contributed by atoms with Gasteiger partial charge in [0.25, 0.3) is 0 Å². The minimum Gasteiger partial charge on any atom is -0.493 e. The Bertz CT molecular complexity index is 568. The van der Waals surface area contributed by atoms with Gasteiger partial charge in [0.1, 0.15) is 0 Å². The Morgan fingerprint density at radius 1 is 1.00 bits per heavy atom. The number of aromatic nitrogens is 2. The van der Waals surface area contributed by atoms with Crippen LogP contribution in [0.15, 0.2) is 30.5 Å². The van der Waals surface area contributed by atoms with Gasteiger partial charge in [0.2, 0.25) is 0 Å². The van der Waals surface area contributed by atoms with Gasteiger partial charge < -0.3 is 9.47 Å². The number of benzene rings is 1. The van der Waals surface area contributed by atoms with Crippen LogP contribution in [0.2, 0.25) is 0 Å². The van der Waals surface area contributed by atoms with E-state index in [1.807, 2.05) is 24.3 Å². The molecule has 0 unspecified atom stereocenters. The largest absolute Gasteiger partial charge is 0.493 e. The minimum atomic E-state index is 0.377. The Morgan fingerprint density at radius 3 is 2.37 bits per heavy atom. The van der Waals surface area contributed by atoms with Gasteiger partial charge in [-0.2, -0.15) is 0 Å². The summed E-state index contributed by atoms with van der Waals surface area (Å²) in [6.07, 6.45) is 1.79. The van der Waals surface area contributed by atoms with Crippen LogP contribution in [-0.4, -0.2) is 24.2 Å². The van der Waals surface area contributed by atoms with Crippen molar-refractivity contribution in [3.8, 4) is 22.9 Å². The standard InChI is InChI=1S/C15H18N2O2/c1-10(2)12-7-8-16-15(17-12)11-5-6-13(18-3)14(9-11)19-4/h5-10H,1-4H3. The molecule has 0 saturated heterocycles. The third kappa shape index (κ3) is 2.84. The predicted molar refractivity (Wildman–Crippen MR) is 74.7 cm³/mol. The number of rotatable bonds is 4. The fraction of sp³-hybridized carbons (Fsp3) is 0.333. The highest BCUT2D eigenvalue weighted by atomic mass is 16.5. The van der Waals surface area contributed by atoms with Crippen molar-refractivity contribution in [1.82, 2.24) is 9.97 Å². The third-order valence-electron chi connectivity index (χ3n) is 2.91. The van der Waals surface area contributed by atoms with Gasteiger partial charge in [-0.1, -0.05) is 13.8 Å². The van der Waals surface area contributed by atoms with Crippen LogP contribution in [0.5, 0.6) is 11.5 Å². The van der Waals surface area contributed by atoms with Crippen molar-refractivity contribution >= 4 is 0 Å². The first-order valence-electron chi connectivity index (χ1n) is 6.21. The molecule has 0 atom stereocenters. The highest BCUT2D eigenvalue weighted by Gasteiger charge is 2.09. The van der Waals surface area contributed by atoms with E-state index in [9.17, 15) is 0 Å². The van der Waals surface area contributed by atoms with Crippen LogP contribution >= 0.6 is 0 Å². The van der Waals surface area contributed by atoms with Crippen molar-refractivity contribution in [2.75, 3.05) is 14.2 Å². The highest BCUT2D eigenvalue weighted by molar-refractivity contribution is 5.61. The lowest BCUT2D eigenvalue weighted by molar-refractivity contribution is 0.355. The zero-order chi connectivity index (χ0) is 13.8. The van der Waals surface area contributed by atoms with Crippen molar-refractivity contribution in [3.63, 3.8) is 0 Å². The first kappa shape index (κ1) is 13.3. The summed E-state index contributed by atoms with van der Waals surface area (Å²) in [5.41, 5.74) is 1.94. The van der Waals surface area contributed by atoms with Crippen molar-refractivity contribution in [1.29, 1.82) is 0 Å². The molecule has 1 aromatic heterocycles. The monoisotopic (exact) mass is 258 g/mol. The van der Waals surface area contributed by atoms with Crippen molar-refractivity contribution in [2.24, 2.45) is 0 Å².